The highest BCUT2D eigenvalue weighted by Crippen LogP contribution is 2.22. The number of halogens is 1. The average molecular weight is 277 g/mol. The number of thioether (sulfide) groups is 1. The van der Waals surface area contributed by atoms with Crippen molar-refractivity contribution in [2.24, 2.45) is 5.73 Å². The van der Waals surface area contributed by atoms with E-state index in [1.54, 1.807) is 23.9 Å². The van der Waals surface area contributed by atoms with Gasteiger partial charge >= 0.3 is 0 Å². The Bertz CT molecular complexity index is 546. The van der Waals surface area contributed by atoms with Crippen molar-refractivity contribution in [1.82, 2.24) is 9.97 Å². The van der Waals surface area contributed by atoms with Crippen LogP contribution in [0.5, 0.6) is 0 Å². The minimum Gasteiger partial charge on any atom is -0.326 e. The highest BCUT2D eigenvalue weighted by atomic mass is 32.2. The van der Waals surface area contributed by atoms with E-state index < -0.39 is 0 Å². The summed E-state index contributed by atoms with van der Waals surface area (Å²) in [7, 11) is 0. The van der Waals surface area contributed by atoms with Crippen LogP contribution in [0.1, 0.15) is 22.8 Å². The molecule has 0 amide bonds. The van der Waals surface area contributed by atoms with Crippen molar-refractivity contribution in [1.29, 1.82) is 0 Å². The lowest BCUT2D eigenvalue weighted by Crippen LogP contribution is -2.08. The first-order chi connectivity index (χ1) is 9.10. The Labute approximate surface area is 116 Å². The summed E-state index contributed by atoms with van der Waals surface area (Å²) < 4.78 is 12.8. The minimum atomic E-state index is -0.223. The summed E-state index contributed by atoms with van der Waals surface area (Å²) in [5.41, 5.74) is 8.54. The molecule has 1 aromatic carbocycles. The second-order valence-electron chi connectivity index (χ2n) is 4.24. The zero-order valence-corrected chi connectivity index (χ0v) is 11.8. The van der Waals surface area contributed by atoms with Crippen LogP contribution in [0.4, 0.5) is 4.39 Å². The molecule has 19 heavy (non-hydrogen) atoms. The van der Waals surface area contributed by atoms with Gasteiger partial charge in [-0.15, -0.1) is 11.8 Å². The number of rotatable bonds is 4. The van der Waals surface area contributed by atoms with Crippen molar-refractivity contribution in [3.05, 3.63) is 52.9 Å². The van der Waals surface area contributed by atoms with Crippen LogP contribution in [0.3, 0.4) is 0 Å². The number of nitrogens with two attached hydrogens (primary N) is 1. The third-order valence-corrected chi connectivity index (χ3v) is 3.86. The molecule has 0 radical (unpaired) electrons. The Morgan fingerprint density at radius 3 is 2.21 bits per heavy atom. The molecule has 0 saturated heterocycles. The number of aryl methyl sites for hydroxylation is 2. The van der Waals surface area contributed by atoms with E-state index in [1.807, 2.05) is 13.8 Å². The normalized spacial score (nSPS) is 10.7. The fourth-order valence-corrected chi connectivity index (χ4v) is 2.60. The first-order valence-corrected chi connectivity index (χ1v) is 7.00. The van der Waals surface area contributed by atoms with Gasteiger partial charge in [-0.25, -0.2) is 14.4 Å². The summed E-state index contributed by atoms with van der Waals surface area (Å²) in [6.45, 7) is 4.36. The standard InChI is InChI=1S/C14H16FN3S/c1-9-13(7-16)10(2)18-14(17-9)8-19-12-5-3-11(15)4-6-12/h3-6H,7-8,16H2,1-2H3. The van der Waals surface area contributed by atoms with Crippen LogP contribution in [-0.2, 0) is 12.3 Å². The molecule has 2 aromatic rings. The molecule has 2 N–H and O–H groups in total. The Morgan fingerprint density at radius 2 is 1.68 bits per heavy atom. The number of hydrogen-bond donors (Lipinski definition) is 1. The van der Waals surface area contributed by atoms with Gasteiger partial charge in [0.15, 0.2) is 0 Å². The molecule has 0 saturated carbocycles. The maximum absolute atomic E-state index is 12.8. The van der Waals surface area contributed by atoms with Crippen LogP contribution in [0.2, 0.25) is 0 Å². The summed E-state index contributed by atoms with van der Waals surface area (Å²) in [5, 5.41) is 0. The highest BCUT2D eigenvalue weighted by Gasteiger charge is 2.07. The molecule has 1 aromatic heterocycles. The van der Waals surface area contributed by atoms with E-state index in [9.17, 15) is 4.39 Å². The number of benzene rings is 1. The lowest BCUT2D eigenvalue weighted by atomic mass is 10.2. The summed E-state index contributed by atoms with van der Waals surface area (Å²) in [6.07, 6.45) is 0. The lowest BCUT2D eigenvalue weighted by molar-refractivity contribution is 0.626. The molecule has 2 rings (SSSR count). The van der Waals surface area contributed by atoms with Crippen LogP contribution in [0.25, 0.3) is 0 Å². The summed E-state index contributed by atoms with van der Waals surface area (Å²) >= 11 is 1.59. The molecule has 0 unspecified atom stereocenters. The molecule has 0 aliphatic rings. The van der Waals surface area contributed by atoms with Gasteiger partial charge in [0.1, 0.15) is 11.6 Å². The van der Waals surface area contributed by atoms with Gasteiger partial charge in [-0.1, -0.05) is 0 Å². The van der Waals surface area contributed by atoms with Crippen molar-refractivity contribution in [2.45, 2.75) is 31.0 Å². The van der Waals surface area contributed by atoms with E-state index in [0.717, 1.165) is 27.7 Å². The van der Waals surface area contributed by atoms with Crippen LogP contribution in [-0.4, -0.2) is 9.97 Å². The van der Waals surface area contributed by atoms with Crippen LogP contribution >= 0.6 is 11.8 Å². The monoisotopic (exact) mass is 277 g/mol. The number of aromatic nitrogens is 2. The molecule has 1 heterocycles. The second-order valence-corrected chi connectivity index (χ2v) is 5.28. The fourth-order valence-electron chi connectivity index (χ4n) is 1.85. The highest BCUT2D eigenvalue weighted by molar-refractivity contribution is 7.98. The van der Waals surface area contributed by atoms with Crippen molar-refractivity contribution in [2.75, 3.05) is 0 Å². The van der Waals surface area contributed by atoms with E-state index in [0.29, 0.717) is 12.3 Å². The maximum Gasteiger partial charge on any atom is 0.139 e. The molecule has 0 spiro atoms. The molecule has 0 atom stereocenters. The second kappa shape index (κ2) is 6.12. The smallest absolute Gasteiger partial charge is 0.139 e. The topological polar surface area (TPSA) is 51.8 Å². The first kappa shape index (κ1) is 14.0. The van der Waals surface area contributed by atoms with Crippen LogP contribution < -0.4 is 5.73 Å². The van der Waals surface area contributed by atoms with E-state index in [1.165, 1.54) is 12.1 Å². The summed E-state index contributed by atoms with van der Waals surface area (Å²) in [4.78, 5) is 9.91. The Morgan fingerprint density at radius 1 is 1.11 bits per heavy atom. The van der Waals surface area contributed by atoms with Gasteiger partial charge in [-0.3, -0.25) is 0 Å². The van der Waals surface area contributed by atoms with Gasteiger partial charge in [0.25, 0.3) is 0 Å². The van der Waals surface area contributed by atoms with Gasteiger partial charge in [0, 0.05) is 28.4 Å². The van der Waals surface area contributed by atoms with Crippen molar-refractivity contribution in [3.8, 4) is 0 Å². The first-order valence-electron chi connectivity index (χ1n) is 6.01. The number of nitrogens with zero attached hydrogens (tertiary/aromatic N) is 2. The van der Waals surface area contributed by atoms with Gasteiger partial charge < -0.3 is 5.73 Å². The van der Waals surface area contributed by atoms with Gasteiger partial charge in [0.2, 0.25) is 0 Å². The predicted molar refractivity (Wildman–Crippen MR) is 75.4 cm³/mol. The quantitative estimate of drug-likeness (QED) is 0.873. The van der Waals surface area contributed by atoms with Crippen LogP contribution in [0.15, 0.2) is 29.2 Å². The van der Waals surface area contributed by atoms with Crippen LogP contribution in [0, 0.1) is 19.7 Å². The Balaban J connectivity index is 2.09. The third-order valence-electron chi connectivity index (χ3n) is 2.85. The van der Waals surface area contributed by atoms with Gasteiger partial charge in [-0.2, -0.15) is 0 Å². The van der Waals surface area contributed by atoms with Crippen molar-refractivity contribution in [3.63, 3.8) is 0 Å². The zero-order valence-electron chi connectivity index (χ0n) is 11.0. The average Bonchev–Trinajstić information content (AvgIpc) is 2.38. The summed E-state index contributed by atoms with van der Waals surface area (Å²) in [6, 6.07) is 6.43. The molecular formula is C14H16FN3S. The molecule has 0 fully saturated rings. The van der Waals surface area contributed by atoms with E-state index >= 15 is 0 Å². The van der Waals surface area contributed by atoms with Gasteiger partial charge in [0.05, 0.1) is 5.75 Å². The molecule has 3 nitrogen and oxygen atoms in total. The predicted octanol–water partition coefficient (Wildman–Crippen LogP) is 2.98. The van der Waals surface area contributed by atoms with E-state index in [2.05, 4.69) is 9.97 Å². The molecular weight excluding hydrogens is 261 g/mol. The SMILES string of the molecule is Cc1nc(CSc2ccc(F)cc2)nc(C)c1CN. The van der Waals surface area contributed by atoms with E-state index in [-0.39, 0.29) is 5.82 Å². The summed E-state index contributed by atoms with van der Waals surface area (Å²) in [5.74, 6) is 1.22. The molecule has 5 heteroatoms. The van der Waals surface area contributed by atoms with E-state index in [4.69, 9.17) is 5.73 Å². The van der Waals surface area contributed by atoms with Crippen molar-refractivity contribution < 1.29 is 4.39 Å². The zero-order chi connectivity index (χ0) is 13.8. The molecule has 0 bridgehead atoms. The number of hydrogen-bond acceptors (Lipinski definition) is 4. The largest absolute Gasteiger partial charge is 0.326 e. The van der Waals surface area contributed by atoms with Gasteiger partial charge in [-0.05, 0) is 38.1 Å². The van der Waals surface area contributed by atoms with Crippen molar-refractivity contribution >= 4 is 11.8 Å². The molecule has 100 valence electrons. The Hall–Kier alpha value is -1.46. The Kier molecular flexibility index (Phi) is 4.50. The minimum absolute atomic E-state index is 0.223. The lowest BCUT2D eigenvalue weighted by Gasteiger charge is -2.08. The maximum atomic E-state index is 12.8. The third kappa shape index (κ3) is 3.52. The fraction of sp³-hybridized carbons (Fsp3) is 0.286. The molecule has 0 aliphatic heterocycles. The molecule has 0 aliphatic carbocycles.